The van der Waals surface area contributed by atoms with Gasteiger partial charge in [-0.15, -0.1) is 0 Å². The average molecular weight is 593 g/mol. The van der Waals surface area contributed by atoms with Gasteiger partial charge in [0.25, 0.3) is 0 Å². The first kappa shape index (κ1) is 41.5. The number of hydrogen-bond acceptors (Lipinski definition) is 2. The van der Waals surface area contributed by atoms with Crippen LogP contribution in [-0.2, 0) is 9.53 Å². The predicted molar refractivity (Wildman–Crippen MR) is 188 cm³/mol. The van der Waals surface area contributed by atoms with Crippen LogP contribution in [0.25, 0.3) is 0 Å². The molecule has 0 N–H and O–H groups in total. The normalized spacial score (nSPS) is 13.0. The van der Waals surface area contributed by atoms with Gasteiger partial charge < -0.3 is 4.74 Å². The standard InChI is InChI=1S/C40H80O2/c1-5-8-10-12-14-15-16-17-18-19-20-21-22-27-31-35-39(40(41)42-37-7-3)36-32-28-24-23-26-30-34-38(4)33-29-25-13-11-9-6-2/h38-39H,5-37H2,1-4H3. The molecule has 2 heteroatoms. The lowest BCUT2D eigenvalue weighted by Crippen LogP contribution is -2.18. The molecule has 0 saturated heterocycles. The molecule has 2 nitrogen and oxygen atoms in total. The second-order valence-electron chi connectivity index (χ2n) is 14.0. The second-order valence-corrected chi connectivity index (χ2v) is 14.0. The zero-order chi connectivity index (χ0) is 30.8. The fraction of sp³-hybridized carbons (Fsp3) is 0.975. The Balaban J connectivity index is 3.76. The highest BCUT2D eigenvalue weighted by molar-refractivity contribution is 5.72. The predicted octanol–water partition coefficient (Wildman–Crippen LogP) is 14.3. The molecule has 0 bridgehead atoms. The van der Waals surface area contributed by atoms with Crippen LogP contribution in [0, 0.1) is 11.8 Å². The largest absolute Gasteiger partial charge is 0.465 e. The summed E-state index contributed by atoms with van der Waals surface area (Å²) in [7, 11) is 0. The molecule has 0 rings (SSSR count). The van der Waals surface area contributed by atoms with Gasteiger partial charge in [0.2, 0.25) is 0 Å². The highest BCUT2D eigenvalue weighted by atomic mass is 16.5. The van der Waals surface area contributed by atoms with E-state index in [1.807, 2.05) is 0 Å². The van der Waals surface area contributed by atoms with E-state index in [1.54, 1.807) is 0 Å². The Kier molecular flexibility index (Phi) is 34.5. The lowest BCUT2D eigenvalue weighted by atomic mass is 9.93. The molecule has 0 aliphatic carbocycles. The second kappa shape index (κ2) is 35.0. The van der Waals surface area contributed by atoms with Crippen LogP contribution in [0.5, 0.6) is 0 Å². The maximum atomic E-state index is 12.7. The van der Waals surface area contributed by atoms with Crippen molar-refractivity contribution in [3.8, 4) is 0 Å². The Labute approximate surface area is 266 Å². The van der Waals surface area contributed by atoms with Crippen molar-refractivity contribution in [2.45, 2.75) is 233 Å². The third-order valence-electron chi connectivity index (χ3n) is 9.49. The first-order valence-electron chi connectivity index (χ1n) is 19.8. The first-order chi connectivity index (χ1) is 20.7. The molecule has 0 aromatic carbocycles. The summed E-state index contributed by atoms with van der Waals surface area (Å²) >= 11 is 0. The summed E-state index contributed by atoms with van der Waals surface area (Å²) in [5, 5.41) is 0. The van der Waals surface area contributed by atoms with Gasteiger partial charge in [-0.2, -0.15) is 0 Å². The molecular weight excluding hydrogens is 512 g/mol. The van der Waals surface area contributed by atoms with E-state index in [-0.39, 0.29) is 11.9 Å². The van der Waals surface area contributed by atoms with Crippen LogP contribution in [0.2, 0.25) is 0 Å². The van der Waals surface area contributed by atoms with Gasteiger partial charge in [-0.05, 0) is 25.2 Å². The zero-order valence-corrected chi connectivity index (χ0v) is 29.8. The average Bonchev–Trinajstić information content (AvgIpc) is 2.99. The van der Waals surface area contributed by atoms with Crippen molar-refractivity contribution in [1.82, 2.24) is 0 Å². The van der Waals surface area contributed by atoms with E-state index in [4.69, 9.17) is 4.74 Å². The maximum Gasteiger partial charge on any atom is 0.308 e. The van der Waals surface area contributed by atoms with E-state index in [1.165, 1.54) is 186 Å². The van der Waals surface area contributed by atoms with Crippen molar-refractivity contribution in [3.05, 3.63) is 0 Å². The summed E-state index contributed by atoms with van der Waals surface area (Å²) in [5.41, 5.74) is 0. The van der Waals surface area contributed by atoms with E-state index in [0.29, 0.717) is 6.61 Å². The van der Waals surface area contributed by atoms with E-state index in [2.05, 4.69) is 27.7 Å². The summed E-state index contributed by atoms with van der Waals surface area (Å²) < 4.78 is 5.57. The first-order valence-corrected chi connectivity index (χ1v) is 19.8. The number of ether oxygens (including phenoxy) is 1. The van der Waals surface area contributed by atoms with Crippen LogP contribution >= 0.6 is 0 Å². The molecule has 0 spiro atoms. The van der Waals surface area contributed by atoms with Crippen LogP contribution in [0.15, 0.2) is 0 Å². The highest BCUT2D eigenvalue weighted by Gasteiger charge is 2.19. The fourth-order valence-electron chi connectivity index (χ4n) is 6.47. The quantitative estimate of drug-likeness (QED) is 0.0540. The Bertz CT molecular complexity index is 516. The van der Waals surface area contributed by atoms with E-state index in [0.717, 1.165) is 25.2 Å². The van der Waals surface area contributed by atoms with Gasteiger partial charge in [-0.1, -0.05) is 214 Å². The van der Waals surface area contributed by atoms with E-state index < -0.39 is 0 Å². The number of unbranched alkanes of at least 4 members (excludes halogenated alkanes) is 24. The minimum absolute atomic E-state index is 0.0848. The minimum atomic E-state index is 0.0848. The smallest absolute Gasteiger partial charge is 0.308 e. The molecule has 0 aliphatic rings. The van der Waals surface area contributed by atoms with Crippen molar-refractivity contribution >= 4 is 5.97 Å². The molecule has 0 fully saturated rings. The third kappa shape index (κ3) is 30.9. The summed E-state index contributed by atoms with van der Waals surface area (Å²) in [4.78, 5) is 12.7. The Morgan fingerprint density at radius 2 is 0.690 bits per heavy atom. The molecule has 2 unspecified atom stereocenters. The molecule has 252 valence electrons. The molecule has 0 amide bonds. The molecular formula is C40H80O2. The SMILES string of the molecule is CCCCCCCCCCCCCCCCCC(CCCCCCCCC(C)CCCCCCCC)C(=O)OCCC. The zero-order valence-electron chi connectivity index (χ0n) is 29.8. The van der Waals surface area contributed by atoms with Gasteiger partial charge in [-0.3, -0.25) is 4.79 Å². The van der Waals surface area contributed by atoms with E-state index in [9.17, 15) is 4.79 Å². The van der Waals surface area contributed by atoms with E-state index >= 15 is 0 Å². The Hall–Kier alpha value is -0.530. The van der Waals surface area contributed by atoms with Crippen LogP contribution < -0.4 is 0 Å². The molecule has 0 radical (unpaired) electrons. The van der Waals surface area contributed by atoms with Crippen LogP contribution in [0.3, 0.4) is 0 Å². The molecule has 2 atom stereocenters. The molecule has 0 saturated carbocycles. The number of rotatable bonds is 35. The van der Waals surface area contributed by atoms with Gasteiger partial charge in [0.1, 0.15) is 0 Å². The monoisotopic (exact) mass is 593 g/mol. The highest BCUT2D eigenvalue weighted by Crippen LogP contribution is 2.22. The Morgan fingerprint density at radius 1 is 0.405 bits per heavy atom. The lowest BCUT2D eigenvalue weighted by molar-refractivity contribution is -0.149. The molecule has 0 aliphatic heterocycles. The topological polar surface area (TPSA) is 26.3 Å². The third-order valence-corrected chi connectivity index (χ3v) is 9.49. The van der Waals surface area contributed by atoms with Crippen LogP contribution in [0.4, 0.5) is 0 Å². The molecule has 0 aromatic rings. The number of hydrogen-bond donors (Lipinski definition) is 0. The molecule has 0 heterocycles. The van der Waals surface area contributed by atoms with Crippen molar-refractivity contribution < 1.29 is 9.53 Å². The van der Waals surface area contributed by atoms with Crippen molar-refractivity contribution in [2.24, 2.45) is 11.8 Å². The number of carbonyl (C=O) groups excluding carboxylic acids is 1. The van der Waals surface area contributed by atoms with Crippen molar-refractivity contribution in [3.63, 3.8) is 0 Å². The number of esters is 1. The van der Waals surface area contributed by atoms with Crippen molar-refractivity contribution in [2.75, 3.05) is 6.61 Å². The minimum Gasteiger partial charge on any atom is -0.465 e. The summed E-state index contributed by atoms with van der Waals surface area (Å²) in [6.45, 7) is 9.73. The molecule has 0 aromatic heterocycles. The summed E-state index contributed by atoms with van der Waals surface area (Å²) in [5.74, 6) is 1.13. The van der Waals surface area contributed by atoms with Crippen LogP contribution in [0.1, 0.15) is 233 Å². The molecule has 42 heavy (non-hydrogen) atoms. The summed E-state index contributed by atoms with van der Waals surface area (Å²) in [6, 6.07) is 0. The van der Waals surface area contributed by atoms with Gasteiger partial charge in [-0.25, -0.2) is 0 Å². The Morgan fingerprint density at radius 3 is 1.00 bits per heavy atom. The van der Waals surface area contributed by atoms with Gasteiger partial charge in [0.15, 0.2) is 0 Å². The number of carbonyl (C=O) groups is 1. The summed E-state index contributed by atoms with van der Waals surface area (Å²) in [6.07, 6.45) is 43.2. The van der Waals surface area contributed by atoms with Crippen molar-refractivity contribution in [1.29, 1.82) is 0 Å². The lowest BCUT2D eigenvalue weighted by Gasteiger charge is -2.16. The van der Waals surface area contributed by atoms with Gasteiger partial charge in [0, 0.05) is 0 Å². The fourth-order valence-corrected chi connectivity index (χ4v) is 6.47. The van der Waals surface area contributed by atoms with Crippen LogP contribution in [-0.4, -0.2) is 12.6 Å². The van der Waals surface area contributed by atoms with Gasteiger partial charge in [0.05, 0.1) is 12.5 Å². The maximum absolute atomic E-state index is 12.7. The van der Waals surface area contributed by atoms with Gasteiger partial charge >= 0.3 is 5.97 Å².